The summed E-state index contributed by atoms with van der Waals surface area (Å²) >= 11 is 0.788. The van der Waals surface area contributed by atoms with Gasteiger partial charge in [-0.15, -0.1) is 11.8 Å². The number of aliphatic carboxylic acids is 1. The highest BCUT2D eigenvalue weighted by atomic mass is 32.2. The van der Waals surface area contributed by atoms with E-state index in [1.165, 1.54) is 0 Å². The molecule has 2 nitrogen and oxygen atoms in total. The minimum Gasteiger partial charge on any atom is -0.480 e. The molecular weight excluding hydrogens is 174 g/mol. The molecule has 0 amide bonds. The molecule has 0 aromatic carbocycles. The van der Waals surface area contributed by atoms with E-state index in [2.05, 4.69) is 0 Å². The molecule has 0 aromatic heterocycles. The first-order valence-corrected chi connectivity index (χ1v) is 4.25. The Kier molecular flexibility index (Phi) is 5.19. The predicted molar refractivity (Wildman–Crippen MR) is 40.2 cm³/mol. The van der Waals surface area contributed by atoms with Crippen LogP contribution in [0, 0.1) is 0 Å². The lowest BCUT2D eigenvalue weighted by molar-refractivity contribution is -0.136. The van der Waals surface area contributed by atoms with Crippen molar-refractivity contribution in [3.63, 3.8) is 0 Å². The summed E-state index contributed by atoms with van der Waals surface area (Å²) in [6.07, 6.45) is -2.04. The number of hydrogen-bond acceptors (Lipinski definition) is 2. The molecule has 0 radical (unpaired) electrons. The van der Waals surface area contributed by atoms with Crippen molar-refractivity contribution < 1.29 is 18.7 Å². The normalized spacial score (nSPS) is 13.5. The van der Waals surface area contributed by atoms with E-state index in [0.29, 0.717) is 6.42 Å². The Morgan fingerprint density at radius 3 is 2.45 bits per heavy atom. The summed E-state index contributed by atoms with van der Waals surface area (Å²) in [6, 6.07) is 0. The topological polar surface area (TPSA) is 37.3 Å². The van der Waals surface area contributed by atoms with Gasteiger partial charge in [0.2, 0.25) is 6.43 Å². The van der Waals surface area contributed by atoms with Gasteiger partial charge in [-0.1, -0.05) is 6.92 Å². The molecule has 0 rings (SSSR count). The fraction of sp³-hybridized carbons (Fsp3) is 0.833. The molecule has 0 aliphatic heterocycles. The van der Waals surface area contributed by atoms with Crippen LogP contribution in [0.4, 0.5) is 8.78 Å². The zero-order valence-corrected chi connectivity index (χ0v) is 6.91. The fourth-order valence-corrected chi connectivity index (χ4v) is 1.31. The summed E-state index contributed by atoms with van der Waals surface area (Å²) in [4.78, 5) is 10.3. The minimum atomic E-state index is -2.42. The van der Waals surface area contributed by atoms with Crippen LogP contribution < -0.4 is 0 Å². The van der Waals surface area contributed by atoms with Crippen LogP contribution in [0.5, 0.6) is 0 Å². The molecule has 1 atom stereocenters. The van der Waals surface area contributed by atoms with E-state index in [1.54, 1.807) is 6.92 Å². The number of carboxylic acid groups (broad SMARTS) is 1. The summed E-state index contributed by atoms with van der Waals surface area (Å²) < 4.78 is 23.2. The Hall–Kier alpha value is -0.320. The van der Waals surface area contributed by atoms with E-state index in [0.717, 1.165) is 11.8 Å². The maximum absolute atomic E-state index is 11.6. The Morgan fingerprint density at radius 2 is 2.18 bits per heavy atom. The van der Waals surface area contributed by atoms with Crippen molar-refractivity contribution in [3.05, 3.63) is 0 Å². The molecule has 0 aliphatic carbocycles. The van der Waals surface area contributed by atoms with E-state index in [9.17, 15) is 13.6 Å². The Balaban J connectivity index is 3.61. The lowest BCUT2D eigenvalue weighted by atomic mass is 10.3. The Morgan fingerprint density at radius 1 is 1.64 bits per heavy atom. The van der Waals surface area contributed by atoms with Gasteiger partial charge in [-0.25, -0.2) is 8.78 Å². The molecule has 1 unspecified atom stereocenters. The number of carbonyl (C=O) groups is 1. The highest BCUT2D eigenvalue weighted by Gasteiger charge is 2.17. The lowest BCUT2D eigenvalue weighted by Crippen LogP contribution is -2.16. The third-order valence-electron chi connectivity index (χ3n) is 1.07. The highest BCUT2D eigenvalue weighted by Crippen LogP contribution is 2.17. The summed E-state index contributed by atoms with van der Waals surface area (Å²) in [5.74, 6) is -1.41. The van der Waals surface area contributed by atoms with Crippen LogP contribution in [0.15, 0.2) is 0 Å². The molecular formula is C6H10F2O2S. The number of halogens is 2. The highest BCUT2D eigenvalue weighted by molar-refractivity contribution is 8.00. The van der Waals surface area contributed by atoms with Crippen molar-refractivity contribution in [2.75, 3.05) is 5.75 Å². The molecule has 5 heteroatoms. The van der Waals surface area contributed by atoms with Crippen molar-refractivity contribution in [1.29, 1.82) is 0 Å². The third kappa shape index (κ3) is 5.01. The fourth-order valence-electron chi connectivity index (χ4n) is 0.553. The van der Waals surface area contributed by atoms with Crippen molar-refractivity contribution in [2.45, 2.75) is 25.0 Å². The monoisotopic (exact) mass is 184 g/mol. The summed E-state index contributed by atoms with van der Waals surface area (Å²) in [5, 5.41) is 7.73. The number of alkyl halides is 2. The van der Waals surface area contributed by atoms with Gasteiger partial charge in [0.15, 0.2) is 0 Å². The van der Waals surface area contributed by atoms with Crippen LogP contribution in [-0.4, -0.2) is 28.5 Å². The van der Waals surface area contributed by atoms with Gasteiger partial charge in [0.05, 0.1) is 5.75 Å². The van der Waals surface area contributed by atoms with Crippen LogP contribution in [-0.2, 0) is 4.79 Å². The first kappa shape index (κ1) is 10.7. The standard InChI is InChI=1S/C6H10F2O2S/c1-2-4(6(9)10)11-3-5(7)8/h4-5H,2-3H2,1H3,(H,9,10). The number of rotatable bonds is 5. The first-order valence-electron chi connectivity index (χ1n) is 3.20. The maximum atomic E-state index is 11.6. The predicted octanol–water partition coefficient (Wildman–Crippen LogP) is 1.85. The van der Waals surface area contributed by atoms with Gasteiger partial charge in [0.1, 0.15) is 5.25 Å². The lowest BCUT2D eigenvalue weighted by Gasteiger charge is -2.07. The molecule has 11 heavy (non-hydrogen) atoms. The van der Waals surface area contributed by atoms with Crippen LogP contribution in [0.25, 0.3) is 0 Å². The number of carboxylic acids is 1. The zero-order chi connectivity index (χ0) is 8.85. The average molecular weight is 184 g/mol. The van der Waals surface area contributed by atoms with Crippen LogP contribution >= 0.6 is 11.8 Å². The maximum Gasteiger partial charge on any atom is 0.316 e. The quantitative estimate of drug-likeness (QED) is 0.708. The van der Waals surface area contributed by atoms with Gasteiger partial charge < -0.3 is 5.11 Å². The largest absolute Gasteiger partial charge is 0.480 e. The molecule has 0 fully saturated rings. The van der Waals surface area contributed by atoms with E-state index in [4.69, 9.17) is 5.11 Å². The van der Waals surface area contributed by atoms with Crippen LogP contribution in [0.3, 0.4) is 0 Å². The average Bonchev–Trinajstić information content (AvgIpc) is 1.87. The minimum absolute atomic E-state index is 0.382. The molecule has 0 bridgehead atoms. The smallest absolute Gasteiger partial charge is 0.316 e. The van der Waals surface area contributed by atoms with Gasteiger partial charge >= 0.3 is 5.97 Å². The molecule has 0 saturated heterocycles. The Bertz CT molecular complexity index is 130. The second-order valence-corrected chi connectivity index (χ2v) is 3.20. The van der Waals surface area contributed by atoms with E-state index >= 15 is 0 Å². The Labute approximate surface area is 68.0 Å². The van der Waals surface area contributed by atoms with Gasteiger partial charge in [0.25, 0.3) is 0 Å². The van der Waals surface area contributed by atoms with Crippen molar-refractivity contribution in [3.8, 4) is 0 Å². The second-order valence-electron chi connectivity index (χ2n) is 1.96. The van der Waals surface area contributed by atoms with Crippen molar-refractivity contribution in [1.82, 2.24) is 0 Å². The molecule has 0 saturated carbocycles. The number of thioether (sulfide) groups is 1. The van der Waals surface area contributed by atoms with Crippen molar-refractivity contribution >= 4 is 17.7 Å². The number of hydrogen-bond donors (Lipinski definition) is 1. The van der Waals surface area contributed by atoms with Gasteiger partial charge in [-0.05, 0) is 6.42 Å². The van der Waals surface area contributed by atoms with Gasteiger partial charge in [-0.3, -0.25) is 4.79 Å². The van der Waals surface area contributed by atoms with Crippen molar-refractivity contribution in [2.24, 2.45) is 0 Å². The molecule has 0 aliphatic rings. The summed E-state index contributed by atoms with van der Waals surface area (Å²) in [5.41, 5.74) is 0. The molecule has 1 N–H and O–H groups in total. The SMILES string of the molecule is CCC(SCC(F)F)C(=O)O. The van der Waals surface area contributed by atoms with E-state index in [-0.39, 0.29) is 0 Å². The third-order valence-corrected chi connectivity index (χ3v) is 2.45. The van der Waals surface area contributed by atoms with Crippen LogP contribution in [0.1, 0.15) is 13.3 Å². The van der Waals surface area contributed by atoms with E-state index < -0.39 is 23.4 Å². The molecule has 0 heterocycles. The zero-order valence-electron chi connectivity index (χ0n) is 6.09. The molecule has 66 valence electrons. The van der Waals surface area contributed by atoms with Gasteiger partial charge in [-0.2, -0.15) is 0 Å². The second kappa shape index (κ2) is 5.35. The molecule has 0 spiro atoms. The first-order chi connectivity index (χ1) is 5.07. The molecule has 0 aromatic rings. The van der Waals surface area contributed by atoms with Crippen LogP contribution in [0.2, 0.25) is 0 Å². The summed E-state index contributed by atoms with van der Waals surface area (Å²) in [6.45, 7) is 1.66. The van der Waals surface area contributed by atoms with E-state index in [1.807, 2.05) is 0 Å². The van der Waals surface area contributed by atoms with Gasteiger partial charge in [0, 0.05) is 0 Å². The summed E-state index contributed by atoms with van der Waals surface area (Å²) in [7, 11) is 0.